The number of hydrogen-bond donors (Lipinski definition) is 5. The van der Waals surface area contributed by atoms with Crippen LogP contribution in [0.5, 0.6) is 0 Å². The Hall–Kier alpha value is -1.46. The summed E-state index contributed by atoms with van der Waals surface area (Å²) in [6.07, 6.45) is -6.88. The number of nitrogens with zero attached hydrogens (tertiary/aromatic N) is 2. The lowest BCUT2D eigenvalue weighted by Gasteiger charge is -2.47. The molecule has 2 fully saturated rings. The maximum absolute atomic E-state index is 13.4. The van der Waals surface area contributed by atoms with Crippen molar-refractivity contribution < 1.29 is 58.8 Å². The molecule has 0 bridgehead atoms. The second-order valence-electron chi connectivity index (χ2n) is 14.2. The van der Waals surface area contributed by atoms with Crippen LogP contribution in [0.15, 0.2) is 5.16 Å². The first kappa shape index (κ1) is 41.7. The van der Waals surface area contributed by atoms with Crippen LogP contribution in [0, 0.1) is 23.7 Å². The predicted octanol–water partition coefficient (Wildman–Crippen LogP) is 1.28. The standard InChI is InChI=1S/C33H62N2O12/c1-12-24-33(8,41)28(38)20(4)25(34-44-17-43-14-13-42-11)18(2)16-32(7,40)29(21(5)26(36)22(6)30(39)46-24)47-31-27(37)23(35(9)10)15-19(3)45-31/h18-24,26-29,31,36-38,40-41H,12-17H2,1-11H3/b34-25-/t18-,19?,20?,21?,22?,23?,24+,26-,27-,28-,29-,31?,32-,33-/m1/s1. The summed E-state index contributed by atoms with van der Waals surface area (Å²) in [6, 6.07) is -0.289. The molecule has 6 unspecified atom stereocenters. The molecule has 47 heavy (non-hydrogen) atoms. The maximum atomic E-state index is 13.4. The van der Waals surface area contributed by atoms with Gasteiger partial charge in [0.2, 0.25) is 6.79 Å². The second-order valence-corrected chi connectivity index (χ2v) is 14.2. The van der Waals surface area contributed by atoms with E-state index in [9.17, 15) is 30.3 Å². The highest BCUT2D eigenvalue weighted by Crippen LogP contribution is 2.38. The van der Waals surface area contributed by atoms with Gasteiger partial charge in [-0.25, -0.2) is 0 Å². The molecular formula is C33H62N2O12. The molecule has 0 saturated carbocycles. The summed E-state index contributed by atoms with van der Waals surface area (Å²) in [5.41, 5.74) is -3.32. The third kappa shape index (κ3) is 10.5. The molecule has 0 aliphatic carbocycles. The fraction of sp³-hybridized carbons (Fsp3) is 0.939. The van der Waals surface area contributed by atoms with Crippen LogP contribution in [0.25, 0.3) is 0 Å². The number of carbonyl (C=O) groups excluding carboxylic acids is 1. The molecule has 0 radical (unpaired) electrons. The van der Waals surface area contributed by atoms with Crippen molar-refractivity contribution in [3.05, 3.63) is 0 Å². The number of methoxy groups -OCH3 is 1. The van der Waals surface area contributed by atoms with Crippen LogP contribution < -0.4 is 0 Å². The molecule has 2 aliphatic rings. The highest BCUT2D eigenvalue weighted by molar-refractivity contribution is 5.88. The Balaban J connectivity index is 2.61. The minimum atomic E-state index is -1.91. The lowest BCUT2D eigenvalue weighted by atomic mass is 9.73. The number of aliphatic hydroxyl groups excluding tert-OH is 3. The Kier molecular flexibility index (Phi) is 16.0. The highest BCUT2D eigenvalue weighted by atomic mass is 16.7. The average Bonchev–Trinajstić information content (AvgIpc) is 3.00. The van der Waals surface area contributed by atoms with Crippen molar-refractivity contribution in [1.29, 1.82) is 0 Å². The van der Waals surface area contributed by atoms with Crippen LogP contribution in [0.1, 0.15) is 74.7 Å². The second kappa shape index (κ2) is 18.0. The molecule has 0 spiro atoms. The van der Waals surface area contributed by atoms with Gasteiger partial charge >= 0.3 is 5.97 Å². The Morgan fingerprint density at radius 3 is 2.21 bits per heavy atom. The van der Waals surface area contributed by atoms with E-state index in [1.807, 2.05) is 25.9 Å². The lowest BCUT2D eigenvalue weighted by molar-refractivity contribution is -0.298. The third-order valence-corrected chi connectivity index (χ3v) is 9.85. The number of likely N-dealkylation sites (N-methyl/N-ethyl adjacent to an activating group) is 1. The largest absolute Gasteiger partial charge is 0.459 e. The van der Waals surface area contributed by atoms with Crippen molar-refractivity contribution in [2.24, 2.45) is 28.8 Å². The van der Waals surface area contributed by atoms with Gasteiger partial charge in [-0.05, 0) is 61.1 Å². The van der Waals surface area contributed by atoms with Crippen molar-refractivity contribution in [2.45, 2.75) is 135 Å². The van der Waals surface area contributed by atoms with E-state index >= 15 is 0 Å². The van der Waals surface area contributed by atoms with E-state index in [0.717, 1.165) is 0 Å². The van der Waals surface area contributed by atoms with Crippen LogP contribution in [0.4, 0.5) is 0 Å². The lowest BCUT2D eigenvalue weighted by Crippen LogP contribution is -2.60. The highest BCUT2D eigenvalue weighted by Gasteiger charge is 2.51. The van der Waals surface area contributed by atoms with Gasteiger partial charge in [-0.15, -0.1) is 0 Å². The number of carbonyl (C=O) groups is 1. The number of cyclic esters (lactones) is 1. The molecule has 14 nitrogen and oxygen atoms in total. The van der Waals surface area contributed by atoms with Gasteiger partial charge in [0.1, 0.15) is 17.8 Å². The molecule has 0 aromatic carbocycles. The van der Waals surface area contributed by atoms with Gasteiger partial charge in [0.15, 0.2) is 6.29 Å². The van der Waals surface area contributed by atoms with Crippen LogP contribution in [0.3, 0.4) is 0 Å². The van der Waals surface area contributed by atoms with E-state index in [2.05, 4.69) is 5.16 Å². The minimum absolute atomic E-state index is 0.00777. The maximum Gasteiger partial charge on any atom is 0.311 e. The van der Waals surface area contributed by atoms with Crippen LogP contribution in [-0.4, -0.2) is 143 Å². The molecule has 276 valence electrons. The van der Waals surface area contributed by atoms with Gasteiger partial charge in [-0.1, -0.05) is 32.9 Å². The average molecular weight is 679 g/mol. The van der Waals surface area contributed by atoms with Gasteiger partial charge in [0, 0.05) is 30.9 Å². The molecule has 14 heteroatoms. The minimum Gasteiger partial charge on any atom is -0.459 e. The number of hydrogen-bond acceptors (Lipinski definition) is 14. The molecule has 0 aromatic heterocycles. The van der Waals surface area contributed by atoms with Crippen LogP contribution in [0.2, 0.25) is 0 Å². The Labute approximate surface area is 280 Å². The molecule has 2 saturated heterocycles. The van der Waals surface area contributed by atoms with Crippen molar-refractivity contribution in [1.82, 2.24) is 4.90 Å². The first-order valence-electron chi connectivity index (χ1n) is 16.7. The summed E-state index contributed by atoms with van der Waals surface area (Å²) in [5, 5.41) is 62.4. The summed E-state index contributed by atoms with van der Waals surface area (Å²) >= 11 is 0. The molecular weight excluding hydrogens is 616 g/mol. The molecule has 5 N–H and O–H groups in total. The fourth-order valence-electron chi connectivity index (χ4n) is 6.93. The predicted molar refractivity (Wildman–Crippen MR) is 173 cm³/mol. The van der Waals surface area contributed by atoms with Crippen LogP contribution in [-0.2, 0) is 33.3 Å². The smallest absolute Gasteiger partial charge is 0.311 e. The number of rotatable bonds is 10. The summed E-state index contributed by atoms with van der Waals surface area (Å²) < 4.78 is 28.5. The Morgan fingerprint density at radius 2 is 1.64 bits per heavy atom. The fourth-order valence-corrected chi connectivity index (χ4v) is 6.93. The normalized spacial score (nSPS) is 43.9. The van der Waals surface area contributed by atoms with Gasteiger partial charge in [-0.2, -0.15) is 0 Å². The van der Waals surface area contributed by atoms with Gasteiger partial charge in [0.05, 0.1) is 54.9 Å². The zero-order valence-electron chi connectivity index (χ0n) is 30.2. The Morgan fingerprint density at radius 1 is 1.00 bits per heavy atom. The topological polar surface area (TPSA) is 189 Å². The third-order valence-electron chi connectivity index (χ3n) is 9.85. The van der Waals surface area contributed by atoms with Gasteiger partial charge in [0.25, 0.3) is 0 Å². The van der Waals surface area contributed by atoms with Crippen LogP contribution >= 0.6 is 0 Å². The molecule has 0 aromatic rings. The number of ether oxygens (including phenoxy) is 5. The molecule has 2 heterocycles. The summed E-state index contributed by atoms with van der Waals surface area (Å²) in [5.74, 6) is -4.17. The quantitative estimate of drug-likeness (QED) is 0.0963. The van der Waals surface area contributed by atoms with Crippen molar-refractivity contribution in [3.8, 4) is 0 Å². The number of aliphatic hydroxyl groups is 5. The SMILES string of the molecule is CC[C@@H]1OC(=O)C(C)[C@H](O)C(C)[C@@H](OC2OC(C)CC(N(C)C)[C@H]2O)[C@](C)(O)C[C@@H](C)/C(=N/OCOCCOC)C(C)[C@@H](O)[C@]1(C)O. The molecule has 2 aliphatic heterocycles. The first-order chi connectivity index (χ1) is 21.8. The van der Waals surface area contributed by atoms with E-state index in [4.69, 9.17) is 28.5 Å². The van der Waals surface area contributed by atoms with Crippen molar-refractivity contribution >= 4 is 11.7 Å². The van der Waals surface area contributed by atoms with E-state index in [-0.39, 0.29) is 38.4 Å². The van der Waals surface area contributed by atoms with Crippen molar-refractivity contribution in [2.75, 3.05) is 41.2 Å². The summed E-state index contributed by atoms with van der Waals surface area (Å²) in [4.78, 5) is 20.8. The van der Waals surface area contributed by atoms with E-state index in [0.29, 0.717) is 18.7 Å². The Bertz CT molecular complexity index is 995. The zero-order valence-corrected chi connectivity index (χ0v) is 30.2. The molecule has 0 amide bonds. The van der Waals surface area contributed by atoms with Gasteiger partial charge in [-0.3, -0.25) is 4.79 Å². The summed E-state index contributed by atoms with van der Waals surface area (Å²) in [6.45, 7) is 13.5. The number of esters is 1. The van der Waals surface area contributed by atoms with E-state index in [1.165, 1.54) is 13.8 Å². The van der Waals surface area contributed by atoms with Crippen molar-refractivity contribution in [3.63, 3.8) is 0 Å². The van der Waals surface area contributed by atoms with Gasteiger partial charge < -0.3 is 59.0 Å². The monoisotopic (exact) mass is 678 g/mol. The zero-order chi connectivity index (χ0) is 35.9. The molecule has 2 rings (SSSR count). The molecule has 14 atom stereocenters. The number of oxime groups is 1. The first-order valence-corrected chi connectivity index (χ1v) is 16.7. The van der Waals surface area contributed by atoms with E-state index in [1.54, 1.807) is 41.7 Å². The summed E-state index contributed by atoms with van der Waals surface area (Å²) in [7, 11) is 5.25. The van der Waals surface area contributed by atoms with E-state index < -0.39 is 77.7 Å².